The first-order valence-corrected chi connectivity index (χ1v) is 6.93. The van der Waals surface area contributed by atoms with E-state index >= 15 is 0 Å². The molecule has 1 aliphatic rings. The van der Waals surface area contributed by atoms with E-state index in [4.69, 9.17) is 0 Å². The molecule has 1 rings (SSSR count). The molecule has 1 aliphatic heterocycles. The first kappa shape index (κ1) is 12.2. The maximum Gasteiger partial charge on any atom is 0.222 e. The molecule has 4 nitrogen and oxygen atoms in total. The fraction of sp³-hybridized carbons (Fsp3) is 0.700. The molecule has 86 valence electrons. The lowest BCUT2D eigenvalue weighted by Crippen LogP contribution is -2.40. The minimum Gasteiger partial charge on any atom is -0.335 e. The molecule has 0 aliphatic carbocycles. The van der Waals surface area contributed by atoms with Crippen LogP contribution in [-0.4, -0.2) is 43.3 Å². The molecule has 1 atom stereocenters. The molecule has 1 fully saturated rings. The maximum absolute atomic E-state index is 11.6. The van der Waals surface area contributed by atoms with Gasteiger partial charge in [-0.1, -0.05) is 13.0 Å². The molecule has 5 heteroatoms. The molecule has 0 radical (unpaired) electrons. The van der Waals surface area contributed by atoms with E-state index < -0.39 is 9.84 Å². The Kier molecular flexibility index (Phi) is 3.90. The van der Waals surface area contributed by atoms with Gasteiger partial charge in [0.1, 0.15) is 0 Å². The van der Waals surface area contributed by atoms with Crippen molar-refractivity contribution in [3.05, 3.63) is 12.7 Å². The number of nitrogens with zero attached hydrogens (tertiary/aromatic N) is 1. The van der Waals surface area contributed by atoms with E-state index in [1.54, 1.807) is 17.9 Å². The molecular formula is C10H17NO3S. The van der Waals surface area contributed by atoms with Crippen LogP contribution in [0.25, 0.3) is 0 Å². The Labute approximate surface area is 90.9 Å². The second-order valence-corrected chi connectivity index (χ2v) is 5.97. The Hall–Kier alpha value is -0.840. The minimum atomic E-state index is -2.93. The summed E-state index contributed by atoms with van der Waals surface area (Å²) in [4.78, 5) is 13.2. The monoisotopic (exact) mass is 231 g/mol. The molecule has 1 heterocycles. The van der Waals surface area contributed by atoms with E-state index in [-0.39, 0.29) is 23.5 Å². The maximum atomic E-state index is 11.6. The highest BCUT2D eigenvalue weighted by Gasteiger charge is 2.33. The lowest BCUT2D eigenvalue weighted by Gasteiger charge is -2.26. The van der Waals surface area contributed by atoms with Gasteiger partial charge in [-0.25, -0.2) is 8.42 Å². The average Bonchev–Trinajstić information content (AvgIpc) is 2.54. The lowest BCUT2D eigenvalue weighted by molar-refractivity contribution is -0.132. The van der Waals surface area contributed by atoms with Crippen LogP contribution in [-0.2, 0) is 14.6 Å². The van der Waals surface area contributed by atoms with Crippen molar-refractivity contribution in [3.8, 4) is 0 Å². The Morgan fingerprint density at radius 3 is 2.67 bits per heavy atom. The molecule has 1 amide bonds. The quantitative estimate of drug-likeness (QED) is 0.666. The fourth-order valence-corrected chi connectivity index (χ4v) is 3.55. The molecule has 1 saturated heterocycles. The van der Waals surface area contributed by atoms with Crippen LogP contribution in [0.2, 0.25) is 0 Å². The zero-order chi connectivity index (χ0) is 11.5. The Morgan fingerprint density at radius 1 is 1.60 bits per heavy atom. The summed E-state index contributed by atoms with van der Waals surface area (Å²) < 4.78 is 22.6. The Bertz CT molecular complexity index is 348. The van der Waals surface area contributed by atoms with Gasteiger partial charge in [0.15, 0.2) is 9.84 Å². The molecule has 0 aromatic heterocycles. The molecule has 0 aromatic carbocycles. The number of carbonyl (C=O) groups is 1. The van der Waals surface area contributed by atoms with Gasteiger partial charge in [0.25, 0.3) is 0 Å². The number of hydrogen-bond acceptors (Lipinski definition) is 3. The first-order chi connectivity index (χ1) is 7.00. The van der Waals surface area contributed by atoms with Crippen molar-refractivity contribution in [2.45, 2.75) is 25.8 Å². The van der Waals surface area contributed by atoms with E-state index in [9.17, 15) is 13.2 Å². The van der Waals surface area contributed by atoms with Crippen LogP contribution >= 0.6 is 0 Å². The Balaban J connectivity index is 2.73. The van der Waals surface area contributed by atoms with Crippen molar-refractivity contribution in [2.24, 2.45) is 0 Å². The van der Waals surface area contributed by atoms with Gasteiger partial charge in [0.2, 0.25) is 5.91 Å². The van der Waals surface area contributed by atoms with Crippen molar-refractivity contribution in [3.63, 3.8) is 0 Å². The highest BCUT2D eigenvalue weighted by atomic mass is 32.2. The molecule has 0 N–H and O–H groups in total. The van der Waals surface area contributed by atoms with Crippen molar-refractivity contribution in [1.29, 1.82) is 0 Å². The standard InChI is InChI=1S/C10H17NO3S/c1-3-6-11(10(12)4-2)9-5-7-15(13,14)8-9/h3,9H,1,4-8H2,2H3/t9-/m1/s1. The first-order valence-electron chi connectivity index (χ1n) is 5.11. The zero-order valence-electron chi connectivity index (χ0n) is 8.98. The molecule has 0 bridgehead atoms. The average molecular weight is 231 g/mol. The summed E-state index contributed by atoms with van der Waals surface area (Å²) in [5, 5.41) is 0. The normalized spacial score (nSPS) is 23.7. The lowest BCUT2D eigenvalue weighted by atomic mass is 10.2. The van der Waals surface area contributed by atoms with Crippen molar-refractivity contribution in [1.82, 2.24) is 4.90 Å². The van der Waals surface area contributed by atoms with Gasteiger partial charge in [0, 0.05) is 19.0 Å². The summed E-state index contributed by atoms with van der Waals surface area (Å²) >= 11 is 0. The molecule has 0 saturated carbocycles. The predicted molar refractivity (Wildman–Crippen MR) is 59.3 cm³/mol. The second-order valence-electron chi connectivity index (χ2n) is 3.75. The van der Waals surface area contributed by atoms with Gasteiger partial charge < -0.3 is 4.90 Å². The largest absolute Gasteiger partial charge is 0.335 e. The predicted octanol–water partition coefficient (Wildman–Crippen LogP) is 0.598. The van der Waals surface area contributed by atoms with Crippen LogP contribution in [0.4, 0.5) is 0 Å². The van der Waals surface area contributed by atoms with Crippen LogP contribution in [0.5, 0.6) is 0 Å². The zero-order valence-corrected chi connectivity index (χ0v) is 9.79. The summed E-state index contributed by atoms with van der Waals surface area (Å²) in [7, 11) is -2.93. The summed E-state index contributed by atoms with van der Waals surface area (Å²) in [6.45, 7) is 5.80. The van der Waals surface area contributed by atoms with Crippen LogP contribution in [0.1, 0.15) is 19.8 Å². The SMILES string of the molecule is C=CCN(C(=O)CC)[C@@H]1CCS(=O)(=O)C1. The second kappa shape index (κ2) is 4.79. The number of hydrogen-bond donors (Lipinski definition) is 0. The van der Waals surface area contributed by atoms with E-state index in [0.717, 1.165) is 0 Å². The van der Waals surface area contributed by atoms with Crippen molar-refractivity contribution >= 4 is 15.7 Å². The number of sulfone groups is 1. The summed E-state index contributed by atoms with van der Waals surface area (Å²) in [6, 6.07) is -0.152. The fourth-order valence-electron chi connectivity index (χ4n) is 1.82. The smallest absolute Gasteiger partial charge is 0.222 e. The van der Waals surface area contributed by atoms with Crippen LogP contribution in [0.15, 0.2) is 12.7 Å². The van der Waals surface area contributed by atoms with Gasteiger partial charge in [0.05, 0.1) is 11.5 Å². The van der Waals surface area contributed by atoms with Crippen LogP contribution < -0.4 is 0 Å². The Morgan fingerprint density at radius 2 is 2.27 bits per heavy atom. The van der Waals surface area contributed by atoms with Gasteiger partial charge in [-0.3, -0.25) is 4.79 Å². The van der Waals surface area contributed by atoms with Gasteiger partial charge in [-0.05, 0) is 6.42 Å². The van der Waals surface area contributed by atoms with E-state index in [1.807, 2.05) is 0 Å². The van der Waals surface area contributed by atoms with E-state index in [0.29, 0.717) is 19.4 Å². The highest BCUT2D eigenvalue weighted by Crippen LogP contribution is 2.18. The molecule has 0 spiro atoms. The minimum absolute atomic E-state index is 0.00278. The van der Waals surface area contributed by atoms with E-state index in [1.165, 1.54) is 0 Å². The van der Waals surface area contributed by atoms with Crippen LogP contribution in [0, 0.1) is 0 Å². The third-order valence-electron chi connectivity index (χ3n) is 2.60. The summed E-state index contributed by atoms with van der Waals surface area (Å²) in [5.74, 6) is 0.298. The van der Waals surface area contributed by atoms with E-state index in [2.05, 4.69) is 6.58 Å². The molecule has 15 heavy (non-hydrogen) atoms. The van der Waals surface area contributed by atoms with Gasteiger partial charge in [-0.2, -0.15) is 0 Å². The number of rotatable bonds is 4. The highest BCUT2D eigenvalue weighted by molar-refractivity contribution is 7.91. The topological polar surface area (TPSA) is 54.5 Å². The van der Waals surface area contributed by atoms with Gasteiger partial charge >= 0.3 is 0 Å². The third-order valence-corrected chi connectivity index (χ3v) is 4.35. The van der Waals surface area contributed by atoms with Gasteiger partial charge in [-0.15, -0.1) is 6.58 Å². The number of carbonyl (C=O) groups excluding carboxylic acids is 1. The van der Waals surface area contributed by atoms with Crippen molar-refractivity contribution < 1.29 is 13.2 Å². The summed E-state index contributed by atoms with van der Waals surface area (Å²) in [6.07, 6.45) is 2.60. The summed E-state index contributed by atoms with van der Waals surface area (Å²) in [5.41, 5.74) is 0. The molecule has 0 aromatic rings. The number of amides is 1. The van der Waals surface area contributed by atoms with Crippen LogP contribution in [0.3, 0.4) is 0 Å². The third kappa shape index (κ3) is 3.06. The molecular weight excluding hydrogens is 214 g/mol. The molecule has 0 unspecified atom stereocenters. The van der Waals surface area contributed by atoms with Crippen molar-refractivity contribution in [2.75, 3.05) is 18.1 Å².